The molecule has 1 heterocycles. The first kappa shape index (κ1) is 35.8. The van der Waals surface area contributed by atoms with E-state index in [-0.39, 0.29) is 35.9 Å². The van der Waals surface area contributed by atoms with E-state index < -0.39 is 30.2 Å². The van der Waals surface area contributed by atoms with Gasteiger partial charge in [0.15, 0.2) is 6.29 Å². The third-order valence-electron chi connectivity index (χ3n) is 10.6. The van der Waals surface area contributed by atoms with Crippen molar-refractivity contribution in [2.75, 3.05) is 13.2 Å². The van der Waals surface area contributed by atoms with E-state index in [4.69, 9.17) is 14.2 Å². The summed E-state index contributed by atoms with van der Waals surface area (Å²) in [6.45, 7) is 3.46. The van der Waals surface area contributed by atoms with Crippen LogP contribution in [0.4, 0.5) is 26.3 Å². The first-order chi connectivity index (χ1) is 22.6. The number of benzene rings is 2. The minimum Gasteiger partial charge on any atom is -0.432 e. The van der Waals surface area contributed by atoms with E-state index in [0.29, 0.717) is 68.3 Å². The van der Waals surface area contributed by atoms with Gasteiger partial charge in [0.05, 0.1) is 19.1 Å². The molecule has 0 N–H and O–H groups in total. The number of unbranched alkanes of at least 4 members (excludes halogenated alkanes) is 2. The highest BCUT2D eigenvalue weighted by Gasteiger charge is 2.45. The molecule has 1 saturated heterocycles. The Bertz CT molecular complexity index is 1300. The molecule has 2 saturated carbocycles. The molecule has 3 fully saturated rings. The third kappa shape index (κ3) is 9.78. The van der Waals surface area contributed by atoms with Crippen LogP contribution in [0.15, 0.2) is 48.6 Å². The zero-order valence-electron chi connectivity index (χ0n) is 27.3. The molecule has 0 aromatic heterocycles. The summed E-state index contributed by atoms with van der Waals surface area (Å²) in [5.41, 5.74) is 1.62. The molecule has 260 valence electrons. The van der Waals surface area contributed by atoms with Gasteiger partial charge in [-0.1, -0.05) is 44.4 Å². The van der Waals surface area contributed by atoms with Gasteiger partial charge in [0.1, 0.15) is 17.4 Å². The molecule has 2 aromatic rings. The first-order valence-corrected chi connectivity index (χ1v) is 17.5. The van der Waals surface area contributed by atoms with Crippen molar-refractivity contribution < 1.29 is 40.6 Å². The largest absolute Gasteiger partial charge is 0.432 e. The molecule has 1 aliphatic heterocycles. The number of rotatable bonds is 13. The summed E-state index contributed by atoms with van der Waals surface area (Å²) in [7, 11) is 0. The van der Waals surface area contributed by atoms with Crippen molar-refractivity contribution in [2.24, 2.45) is 23.7 Å². The minimum absolute atomic E-state index is 0.0396. The van der Waals surface area contributed by atoms with Gasteiger partial charge >= 0.3 is 6.11 Å². The molecule has 0 radical (unpaired) electrons. The molecule has 5 rings (SSSR count). The zero-order chi connectivity index (χ0) is 33.4. The predicted octanol–water partition coefficient (Wildman–Crippen LogP) is 11.7. The molecule has 0 amide bonds. The fourth-order valence-electron chi connectivity index (χ4n) is 7.81. The summed E-state index contributed by atoms with van der Waals surface area (Å²) in [5, 5.41) is 0. The van der Waals surface area contributed by atoms with E-state index in [0.717, 1.165) is 43.7 Å². The van der Waals surface area contributed by atoms with Crippen LogP contribution in [0, 0.1) is 35.3 Å². The quantitative estimate of drug-likeness (QED) is 0.157. The second-order valence-electron chi connectivity index (χ2n) is 13.8. The van der Waals surface area contributed by atoms with Crippen molar-refractivity contribution in [3.63, 3.8) is 0 Å². The topological polar surface area (TPSA) is 27.7 Å². The summed E-state index contributed by atoms with van der Waals surface area (Å²) in [5.74, 6) is -0.891. The maximum Gasteiger partial charge on any atom is 0.400 e. The molecule has 2 aliphatic carbocycles. The van der Waals surface area contributed by atoms with E-state index in [2.05, 4.69) is 6.92 Å². The number of allylic oxidation sites excluding steroid dienone is 1. The molecule has 2 aromatic carbocycles. The van der Waals surface area contributed by atoms with Crippen LogP contribution in [0.1, 0.15) is 119 Å². The summed E-state index contributed by atoms with van der Waals surface area (Å²) in [6, 6.07) is 8.85. The lowest BCUT2D eigenvalue weighted by atomic mass is 9.68. The number of hydrogen-bond donors (Lipinski definition) is 0. The lowest BCUT2D eigenvalue weighted by molar-refractivity contribution is -0.224. The van der Waals surface area contributed by atoms with Crippen molar-refractivity contribution >= 4 is 0 Å². The summed E-state index contributed by atoms with van der Waals surface area (Å²) in [6.07, 6.45) is 5.17. The van der Waals surface area contributed by atoms with Gasteiger partial charge in [0, 0.05) is 17.5 Å². The average molecular weight is 667 g/mol. The monoisotopic (exact) mass is 666 g/mol. The molecule has 47 heavy (non-hydrogen) atoms. The van der Waals surface area contributed by atoms with Crippen LogP contribution in [-0.2, 0) is 15.9 Å². The first-order valence-electron chi connectivity index (χ1n) is 17.5. The fourth-order valence-corrected chi connectivity index (χ4v) is 7.81. The van der Waals surface area contributed by atoms with Crippen LogP contribution in [0.5, 0.6) is 5.75 Å². The molecule has 0 atom stereocenters. The van der Waals surface area contributed by atoms with Gasteiger partial charge in [-0.05, 0) is 118 Å². The minimum atomic E-state index is -3.44. The summed E-state index contributed by atoms with van der Waals surface area (Å²) >= 11 is 0. The van der Waals surface area contributed by atoms with E-state index >= 15 is 13.2 Å². The van der Waals surface area contributed by atoms with Gasteiger partial charge in [0.2, 0.25) is 0 Å². The standard InChI is InChI=1S/C38H48F6O3/c1-2-3-4-6-25-23-45-37(46-24-25)30-16-20-33(35(40)21-30)28-11-9-26(10-12-28)27-13-17-31(18-14-27)38(43,44)47-32-19-15-29(34(39)22-32)7-5-8-36(41)42/h8,15-16,19-22,25-28,31,37H,2-7,9-14,17-18,23-24H2,1H3. The highest BCUT2D eigenvalue weighted by Crippen LogP contribution is 2.47. The summed E-state index contributed by atoms with van der Waals surface area (Å²) in [4.78, 5) is 0. The zero-order valence-corrected chi connectivity index (χ0v) is 27.3. The highest BCUT2D eigenvalue weighted by atomic mass is 19.3. The van der Waals surface area contributed by atoms with Crippen LogP contribution < -0.4 is 4.74 Å². The molecular formula is C38H48F6O3. The van der Waals surface area contributed by atoms with E-state index in [1.54, 1.807) is 6.07 Å². The van der Waals surface area contributed by atoms with Gasteiger partial charge in [-0.15, -0.1) is 0 Å². The van der Waals surface area contributed by atoms with Crippen molar-refractivity contribution in [3.05, 3.63) is 76.9 Å². The molecule has 0 bridgehead atoms. The van der Waals surface area contributed by atoms with Gasteiger partial charge < -0.3 is 14.2 Å². The molecule has 0 spiro atoms. The normalized spacial score (nSPS) is 27.0. The Morgan fingerprint density at radius 2 is 1.53 bits per heavy atom. The Balaban J connectivity index is 1.05. The second-order valence-corrected chi connectivity index (χ2v) is 13.8. The van der Waals surface area contributed by atoms with E-state index in [1.807, 2.05) is 12.1 Å². The van der Waals surface area contributed by atoms with Gasteiger partial charge in [-0.25, -0.2) is 8.78 Å². The Morgan fingerprint density at radius 1 is 0.851 bits per heavy atom. The summed E-state index contributed by atoms with van der Waals surface area (Å²) < 4.78 is 101. The van der Waals surface area contributed by atoms with Crippen molar-refractivity contribution in [2.45, 2.75) is 115 Å². The predicted molar refractivity (Wildman–Crippen MR) is 169 cm³/mol. The van der Waals surface area contributed by atoms with E-state index in [1.165, 1.54) is 31.4 Å². The van der Waals surface area contributed by atoms with Gasteiger partial charge in [-0.3, -0.25) is 0 Å². The van der Waals surface area contributed by atoms with Crippen LogP contribution in [0.2, 0.25) is 0 Å². The Morgan fingerprint density at radius 3 is 2.15 bits per heavy atom. The Labute approximate surface area is 275 Å². The number of alkyl halides is 2. The second kappa shape index (κ2) is 16.7. The maximum atomic E-state index is 15.3. The van der Waals surface area contributed by atoms with Crippen LogP contribution >= 0.6 is 0 Å². The number of ether oxygens (including phenoxy) is 3. The molecular weight excluding hydrogens is 618 g/mol. The van der Waals surface area contributed by atoms with Gasteiger partial charge in [0.25, 0.3) is 6.08 Å². The van der Waals surface area contributed by atoms with Crippen molar-refractivity contribution in [1.82, 2.24) is 0 Å². The molecule has 3 nitrogen and oxygen atoms in total. The Hall–Kier alpha value is -2.52. The van der Waals surface area contributed by atoms with E-state index in [9.17, 15) is 13.2 Å². The smallest absolute Gasteiger partial charge is 0.400 e. The lowest BCUT2D eigenvalue weighted by Crippen LogP contribution is -2.38. The number of hydrogen-bond acceptors (Lipinski definition) is 3. The fraction of sp³-hybridized carbons (Fsp3) is 0.632. The molecule has 9 heteroatoms. The van der Waals surface area contributed by atoms with Crippen LogP contribution in [0.25, 0.3) is 0 Å². The highest BCUT2D eigenvalue weighted by molar-refractivity contribution is 5.30. The van der Waals surface area contributed by atoms with Crippen LogP contribution in [0.3, 0.4) is 0 Å². The third-order valence-corrected chi connectivity index (χ3v) is 10.6. The average Bonchev–Trinajstić information content (AvgIpc) is 3.06. The van der Waals surface area contributed by atoms with Crippen LogP contribution in [-0.4, -0.2) is 19.3 Å². The lowest BCUT2D eigenvalue weighted by Gasteiger charge is -2.39. The number of halogens is 6. The SMILES string of the molecule is CCCCCC1COC(c2ccc(C3CCC(C4CCC(C(F)(F)Oc5ccc(CCC=C(F)F)c(F)c5)CC4)CC3)c(F)c2)OC1. The molecule has 0 unspecified atom stereocenters. The maximum absolute atomic E-state index is 15.3. The van der Waals surface area contributed by atoms with Crippen molar-refractivity contribution in [3.8, 4) is 5.75 Å². The number of aryl methyl sites for hydroxylation is 1. The van der Waals surface area contributed by atoms with Gasteiger partial charge in [-0.2, -0.15) is 17.6 Å². The Kier molecular flexibility index (Phi) is 12.7. The van der Waals surface area contributed by atoms with Crippen molar-refractivity contribution in [1.29, 1.82) is 0 Å². The molecule has 3 aliphatic rings.